The van der Waals surface area contributed by atoms with E-state index in [4.69, 9.17) is 9.47 Å². The summed E-state index contributed by atoms with van der Waals surface area (Å²) in [4.78, 5) is 30.9. The zero-order valence-electron chi connectivity index (χ0n) is 17.2. The molecule has 0 bridgehead atoms. The molecule has 3 aromatic rings. The van der Waals surface area contributed by atoms with Gasteiger partial charge in [0.05, 0.1) is 23.0 Å². The lowest BCUT2D eigenvalue weighted by molar-refractivity contribution is -0.123. The molecule has 1 fully saturated rings. The Bertz CT molecular complexity index is 1170. The fraction of sp³-hybridized carbons (Fsp3) is 0.125. The number of aromatic nitrogens is 1. The highest BCUT2D eigenvalue weighted by Crippen LogP contribution is 2.39. The van der Waals surface area contributed by atoms with Crippen LogP contribution in [-0.2, 0) is 17.9 Å². The maximum atomic E-state index is 12.8. The lowest BCUT2D eigenvalue weighted by atomic mass is 10.1. The number of hydrogen-bond donors (Lipinski definition) is 0. The number of carbonyl (C=O) groups is 2. The first-order valence-corrected chi connectivity index (χ1v) is 11.3. The van der Waals surface area contributed by atoms with Crippen molar-refractivity contribution in [2.24, 2.45) is 0 Å². The van der Waals surface area contributed by atoms with Crippen molar-refractivity contribution in [1.82, 2.24) is 9.88 Å². The largest absolute Gasteiger partial charge is 0.493 e. The summed E-state index contributed by atoms with van der Waals surface area (Å²) in [5.74, 6) is 0.763. The van der Waals surface area contributed by atoms with Crippen LogP contribution in [0.3, 0.4) is 0 Å². The second kappa shape index (κ2) is 10.0. The molecule has 162 valence electrons. The van der Waals surface area contributed by atoms with E-state index in [0.29, 0.717) is 27.5 Å². The molecule has 1 aliphatic rings. The number of hydrogen-bond acceptors (Lipinski definition) is 6. The Hall–Kier alpha value is -3.10. The number of amides is 2. The van der Waals surface area contributed by atoms with Crippen LogP contribution in [0.2, 0.25) is 0 Å². The van der Waals surface area contributed by atoms with Gasteiger partial charge in [-0.25, -0.2) is 0 Å². The van der Waals surface area contributed by atoms with Crippen molar-refractivity contribution in [3.05, 3.63) is 93.1 Å². The molecule has 1 aliphatic heterocycles. The van der Waals surface area contributed by atoms with Crippen molar-refractivity contribution >= 4 is 44.9 Å². The summed E-state index contributed by atoms with van der Waals surface area (Å²) in [5.41, 5.74) is 2.59. The molecular weight excluding hydrogens is 492 g/mol. The average molecular weight is 511 g/mol. The molecule has 0 aliphatic carbocycles. The summed E-state index contributed by atoms with van der Waals surface area (Å²) in [6, 6.07) is 16.8. The number of thioether (sulfide) groups is 1. The molecule has 0 saturated carbocycles. The lowest BCUT2D eigenvalue weighted by Gasteiger charge is -2.14. The van der Waals surface area contributed by atoms with Crippen molar-refractivity contribution in [3.63, 3.8) is 0 Å². The zero-order chi connectivity index (χ0) is 22.5. The number of benzene rings is 2. The number of nitrogens with zero attached hydrogens (tertiary/aromatic N) is 2. The molecule has 0 unspecified atom stereocenters. The van der Waals surface area contributed by atoms with Gasteiger partial charge in [-0.15, -0.1) is 0 Å². The van der Waals surface area contributed by atoms with E-state index in [9.17, 15) is 9.59 Å². The van der Waals surface area contributed by atoms with Gasteiger partial charge in [-0.3, -0.25) is 19.5 Å². The number of methoxy groups -OCH3 is 1. The number of pyridine rings is 1. The Balaban J connectivity index is 1.54. The summed E-state index contributed by atoms with van der Waals surface area (Å²) in [5, 5.41) is -0.284. The van der Waals surface area contributed by atoms with Crippen LogP contribution in [0.15, 0.2) is 76.4 Å². The highest BCUT2D eigenvalue weighted by Gasteiger charge is 2.35. The van der Waals surface area contributed by atoms with E-state index in [-0.39, 0.29) is 17.7 Å². The van der Waals surface area contributed by atoms with Gasteiger partial charge in [0.2, 0.25) is 0 Å². The molecule has 2 amide bonds. The van der Waals surface area contributed by atoms with E-state index in [1.54, 1.807) is 31.6 Å². The number of imide groups is 1. The normalized spacial score (nSPS) is 14.8. The Morgan fingerprint density at radius 3 is 2.53 bits per heavy atom. The van der Waals surface area contributed by atoms with Gasteiger partial charge in [-0.05, 0) is 74.7 Å². The zero-order valence-corrected chi connectivity index (χ0v) is 19.6. The summed E-state index contributed by atoms with van der Waals surface area (Å²) in [7, 11) is 1.55. The molecule has 1 saturated heterocycles. The van der Waals surface area contributed by atoms with E-state index >= 15 is 0 Å². The van der Waals surface area contributed by atoms with Gasteiger partial charge in [0, 0.05) is 12.4 Å². The molecule has 0 radical (unpaired) electrons. The monoisotopic (exact) mass is 510 g/mol. The molecule has 6 nitrogen and oxygen atoms in total. The topological polar surface area (TPSA) is 68.7 Å². The van der Waals surface area contributed by atoms with Crippen LogP contribution in [0.4, 0.5) is 4.79 Å². The van der Waals surface area contributed by atoms with Gasteiger partial charge in [0.25, 0.3) is 11.1 Å². The smallest absolute Gasteiger partial charge is 0.293 e. The Morgan fingerprint density at radius 1 is 1.06 bits per heavy atom. The van der Waals surface area contributed by atoms with E-state index < -0.39 is 0 Å². The summed E-state index contributed by atoms with van der Waals surface area (Å²) in [6.07, 6.45) is 5.10. The maximum Gasteiger partial charge on any atom is 0.293 e. The molecule has 4 rings (SSSR count). The minimum Gasteiger partial charge on any atom is -0.493 e. The molecule has 32 heavy (non-hydrogen) atoms. The van der Waals surface area contributed by atoms with E-state index in [1.165, 1.54) is 4.90 Å². The van der Waals surface area contributed by atoms with Crippen molar-refractivity contribution in [2.45, 2.75) is 13.2 Å². The van der Waals surface area contributed by atoms with Crippen LogP contribution in [0.1, 0.15) is 16.7 Å². The maximum absolute atomic E-state index is 12.8. The first kappa shape index (κ1) is 22.1. The van der Waals surface area contributed by atoms with Crippen LogP contribution in [0, 0.1) is 0 Å². The lowest BCUT2D eigenvalue weighted by Crippen LogP contribution is -2.27. The SMILES string of the molecule is COc1cc(/C=C2\SC(=O)N(Cc3ccccc3)C2=O)cc(Br)c1OCc1ccncc1. The fourth-order valence-corrected chi connectivity index (χ4v) is 4.56. The highest BCUT2D eigenvalue weighted by molar-refractivity contribution is 9.10. The van der Waals surface area contributed by atoms with Crippen LogP contribution in [-0.4, -0.2) is 28.1 Å². The first-order chi connectivity index (χ1) is 15.5. The second-order valence-electron chi connectivity index (χ2n) is 6.93. The molecule has 0 N–H and O–H groups in total. The molecule has 1 aromatic heterocycles. The van der Waals surface area contributed by atoms with Crippen molar-refractivity contribution in [2.75, 3.05) is 7.11 Å². The van der Waals surface area contributed by atoms with Gasteiger partial charge in [0.15, 0.2) is 11.5 Å². The molecule has 0 spiro atoms. The minimum atomic E-state index is -0.308. The van der Waals surface area contributed by atoms with E-state index in [1.807, 2.05) is 48.5 Å². The van der Waals surface area contributed by atoms with Gasteiger partial charge < -0.3 is 9.47 Å². The number of rotatable bonds is 7. The average Bonchev–Trinajstić information content (AvgIpc) is 3.06. The fourth-order valence-electron chi connectivity index (χ4n) is 3.15. The van der Waals surface area contributed by atoms with Crippen LogP contribution in [0.25, 0.3) is 6.08 Å². The van der Waals surface area contributed by atoms with E-state index in [2.05, 4.69) is 20.9 Å². The van der Waals surface area contributed by atoms with Crippen molar-refractivity contribution in [3.8, 4) is 11.5 Å². The third kappa shape index (κ3) is 5.03. The van der Waals surface area contributed by atoms with Gasteiger partial charge in [-0.1, -0.05) is 30.3 Å². The summed E-state index contributed by atoms with van der Waals surface area (Å²) < 4.78 is 12.1. The first-order valence-electron chi connectivity index (χ1n) is 9.73. The van der Waals surface area contributed by atoms with Gasteiger partial charge >= 0.3 is 0 Å². The number of halogens is 1. The predicted molar refractivity (Wildman–Crippen MR) is 127 cm³/mol. The van der Waals surface area contributed by atoms with Crippen LogP contribution < -0.4 is 9.47 Å². The van der Waals surface area contributed by atoms with Crippen molar-refractivity contribution < 1.29 is 19.1 Å². The number of carbonyl (C=O) groups excluding carboxylic acids is 2. The number of ether oxygens (including phenoxy) is 2. The molecule has 2 aromatic carbocycles. The summed E-state index contributed by atoms with van der Waals surface area (Å²) >= 11 is 4.46. The van der Waals surface area contributed by atoms with Gasteiger partial charge in [0.1, 0.15) is 6.61 Å². The standard InChI is InChI=1S/C24H19BrN2O4S/c1-30-20-12-18(11-19(25)22(20)31-15-17-7-9-26-10-8-17)13-21-23(28)27(24(29)32-21)14-16-5-3-2-4-6-16/h2-13H,14-15H2,1H3/b21-13-. The van der Waals surface area contributed by atoms with Gasteiger partial charge in [-0.2, -0.15) is 0 Å². The predicted octanol–water partition coefficient (Wildman–Crippen LogP) is 5.67. The second-order valence-corrected chi connectivity index (χ2v) is 8.78. The van der Waals surface area contributed by atoms with E-state index in [0.717, 1.165) is 28.5 Å². The molecule has 8 heteroatoms. The highest BCUT2D eigenvalue weighted by atomic mass is 79.9. The molecule has 0 atom stereocenters. The Labute approximate surface area is 198 Å². The van der Waals surface area contributed by atoms with Crippen LogP contribution in [0.5, 0.6) is 11.5 Å². The van der Waals surface area contributed by atoms with Crippen LogP contribution >= 0.6 is 27.7 Å². The minimum absolute atomic E-state index is 0.248. The third-order valence-corrected chi connectivity index (χ3v) is 6.24. The molecule has 2 heterocycles. The Morgan fingerprint density at radius 2 is 1.81 bits per heavy atom. The quantitative estimate of drug-likeness (QED) is 0.381. The summed E-state index contributed by atoms with van der Waals surface area (Å²) in [6.45, 7) is 0.604. The third-order valence-electron chi connectivity index (χ3n) is 4.74. The van der Waals surface area contributed by atoms with Crippen molar-refractivity contribution in [1.29, 1.82) is 0 Å². The Kier molecular flexibility index (Phi) is 6.92. The molecular formula is C24H19BrN2O4S.